The summed E-state index contributed by atoms with van der Waals surface area (Å²) >= 11 is 7.49. The maximum absolute atomic E-state index is 12.9. The Morgan fingerprint density at radius 3 is 2.97 bits per heavy atom. The van der Waals surface area contributed by atoms with Crippen LogP contribution in [-0.2, 0) is 11.3 Å². The first kappa shape index (κ1) is 20.1. The van der Waals surface area contributed by atoms with Gasteiger partial charge in [-0.1, -0.05) is 29.4 Å². The highest BCUT2D eigenvalue weighted by atomic mass is 35.5. The van der Waals surface area contributed by atoms with Crippen LogP contribution < -0.4 is 0 Å². The number of carbonyl (C=O) groups is 1. The first-order valence-electron chi connectivity index (χ1n) is 9.51. The smallest absolute Gasteiger partial charge is 0.209 e. The van der Waals surface area contributed by atoms with E-state index in [2.05, 4.69) is 15.5 Å². The molecule has 0 aliphatic carbocycles. The molecule has 0 saturated carbocycles. The van der Waals surface area contributed by atoms with Gasteiger partial charge in [-0.25, -0.2) is 4.68 Å². The van der Waals surface area contributed by atoms with Gasteiger partial charge in [0.15, 0.2) is 5.78 Å². The molecule has 0 amide bonds. The molecule has 1 saturated heterocycles. The maximum atomic E-state index is 12.9. The second-order valence-electron chi connectivity index (χ2n) is 7.09. The molecule has 1 aliphatic rings. The zero-order valence-electron chi connectivity index (χ0n) is 16.3. The van der Waals surface area contributed by atoms with Gasteiger partial charge < -0.3 is 9.30 Å². The number of nitrogens with zero attached hydrogens (tertiary/aromatic N) is 5. The number of rotatable bonds is 7. The predicted octanol–water partition coefficient (Wildman–Crippen LogP) is 3.89. The second kappa shape index (κ2) is 8.69. The molecule has 4 rings (SSSR count). The lowest BCUT2D eigenvalue weighted by atomic mass is 10.2. The molecular weight excluding hydrogens is 410 g/mol. The lowest BCUT2D eigenvalue weighted by molar-refractivity contribution is 0.0912. The molecule has 3 heterocycles. The maximum Gasteiger partial charge on any atom is 0.209 e. The van der Waals surface area contributed by atoms with Crippen LogP contribution in [0.15, 0.2) is 35.5 Å². The fourth-order valence-corrected chi connectivity index (χ4v) is 4.62. The van der Waals surface area contributed by atoms with Crippen LogP contribution in [0.25, 0.3) is 5.69 Å². The Balaban J connectivity index is 1.47. The van der Waals surface area contributed by atoms with Gasteiger partial charge in [-0.3, -0.25) is 4.79 Å². The van der Waals surface area contributed by atoms with Gasteiger partial charge in [-0.05, 0) is 61.4 Å². The monoisotopic (exact) mass is 431 g/mol. The third kappa shape index (κ3) is 4.39. The fraction of sp³-hybridized carbons (Fsp3) is 0.400. The van der Waals surface area contributed by atoms with Gasteiger partial charge in [0.25, 0.3) is 0 Å². The summed E-state index contributed by atoms with van der Waals surface area (Å²) in [6, 6.07) is 9.54. The van der Waals surface area contributed by atoms with E-state index in [4.69, 9.17) is 16.3 Å². The molecule has 1 unspecified atom stereocenters. The Bertz CT molecular complexity index is 1030. The molecule has 0 bridgehead atoms. The van der Waals surface area contributed by atoms with Crippen molar-refractivity contribution < 1.29 is 9.53 Å². The van der Waals surface area contributed by atoms with Crippen molar-refractivity contribution in [2.24, 2.45) is 0 Å². The highest BCUT2D eigenvalue weighted by Gasteiger charge is 2.21. The number of aryl methyl sites for hydroxylation is 1. The number of hydrogen-bond donors (Lipinski definition) is 0. The zero-order valence-corrected chi connectivity index (χ0v) is 17.9. The topological polar surface area (TPSA) is 74.8 Å². The van der Waals surface area contributed by atoms with Crippen LogP contribution >= 0.6 is 23.4 Å². The first-order valence-corrected chi connectivity index (χ1v) is 10.9. The minimum absolute atomic E-state index is 0.0445. The molecule has 9 heteroatoms. The van der Waals surface area contributed by atoms with Gasteiger partial charge in [-0.2, -0.15) is 0 Å². The first-order chi connectivity index (χ1) is 14.0. The van der Waals surface area contributed by atoms with Gasteiger partial charge in [0, 0.05) is 34.3 Å². The van der Waals surface area contributed by atoms with Gasteiger partial charge in [-0.15, -0.1) is 5.10 Å². The Hall–Kier alpha value is -2.16. The van der Waals surface area contributed by atoms with E-state index in [-0.39, 0.29) is 17.6 Å². The molecule has 0 spiro atoms. The van der Waals surface area contributed by atoms with Crippen molar-refractivity contribution in [2.75, 3.05) is 12.4 Å². The Labute approximate surface area is 178 Å². The van der Waals surface area contributed by atoms with Crippen molar-refractivity contribution in [1.29, 1.82) is 0 Å². The summed E-state index contributed by atoms with van der Waals surface area (Å²) in [7, 11) is 0. The minimum atomic E-state index is 0.0445. The number of ketones is 1. The highest BCUT2D eigenvalue weighted by Crippen LogP contribution is 2.25. The summed E-state index contributed by atoms with van der Waals surface area (Å²) in [5.74, 6) is 0.314. The Morgan fingerprint density at radius 2 is 2.21 bits per heavy atom. The van der Waals surface area contributed by atoms with E-state index in [0.29, 0.717) is 22.3 Å². The zero-order chi connectivity index (χ0) is 20.4. The average molecular weight is 432 g/mol. The van der Waals surface area contributed by atoms with Crippen LogP contribution in [-0.4, -0.2) is 49.0 Å². The Kier molecular flexibility index (Phi) is 6.03. The van der Waals surface area contributed by atoms with E-state index in [1.807, 2.05) is 48.7 Å². The number of ether oxygens (including phenoxy) is 1. The molecule has 2 aromatic heterocycles. The standard InChI is InChI=1S/C20H22ClN5O2S/c1-13-9-18(14(2)26(13)16-6-3-5-15(21)10-16)19(27)12-29-20-22-23-24-25(20)11-17-7-4-8-28-17/h3,5-6,9-10,17H,4,7-8,11-12H2,1-2H3. The molecule has 1 atom stereocenters. The number of Topliss-reactive ketones (excluding diaryl/α,β-unsaturated/α-hetero) is 1. The quantitative estimate of drug-likeness (QED) is 0.417. The van der Waals surface area contributed by atoms with Gasteiger partial charge in [0.1, 0.15) is 0 Å². The van der Waals surface area contributed by atoms with E-state index in [0.717, 1.165) is 36.5 Å². The van der Waals surface area contributed by atoms with E-state index >= 15 is 0 Å². The Morgan fingerprint density at radius 1 is 1.34 bits per heavy atom. The SMILES string of the molecule is Cc1cc(C(=O)CSc2nnnn2CC2CCCO2)c(C)n1-c1cccc(Cl)c1. The highest BCUT2D eigenvalue weighted by molar-refractivity contribution is 7.99. The van der Waals surface area contributed by atoms with Crippen LogP contribution in [0.4, 0.5) is 0 Å². The molecular formula is C20H22ClN5O2S. The molecule has 29 heavy (non-hydrogen) atoms. The summed E-state index contributed by atoms with van der Waals surface area (Å²) in [6.45, 7) is 5.34. The number of hydrogen-bond acceptors (Lipinski definition) is 6. The van der Waals surface area contributed by atoms with Crippen LogP contribution in [0, 0.1) is 13.8 Å². The van der Waals surface area contributed by atoms with Gasteiger partial charge >= 0.3 is 0 Å². The number of aromatic nitrogens is 5. The summed E-state index contributed by atoms with van der Waals surface area (Å²) < 4.78 is 9.43. The number of carbonyl (C=O) groups excluding carboxylic acids is 1. The summed E-state index contributed by atoms with van der Waals surface area (Å²) in [5.41, 5.74) is 3.53. The lowest BCUT2D eigenvalue weighted by Gasteiger charge is -2.10. The number of tetrazole rings is 1. The van der Waals surface area contributed by atoms with Crippen molar-refractivity contribution in [1.82, 2.24) is 24.8 Å². The van der Waals surface area contributed by atoms with Crippen molar-refractivity contribution >= 4 is 29.1 Å². The van der Waals surface area contributed by atoms with Crippen LogP contribution in [0.2, 0.25) is 5.02 Å². The number of benzene rings is 1. The average Bonchev–Trinajstić information content (AvgIpc) is 3.42. The molecule has 3 aromatic rings. The summed E-state index contributed by atoms with van der Waals surface area (Å²) in [4.78, 5) is 12.9. The molecule has 1 fully saturated rings. The van der Waals surface area contributed by atoms with Crippen molar-refractivity contribution in [3.63, 3.8) is 0 Å². The van der Waals surface area contributed by atoms with Crippen LogP contribution in [0.3, 0.4) is 0 Å². The predicted molar refractivity (Wildman–Crippen MR) is 112 cm³/mol. The van der Waals surface area contributed by atoms with Gasteiger partial charge in [0.2, 0.25) is 5.16 Å². The largest absolute Gasteiger partial charge is 0.376 e. The van der Waals surface area contributed by atoms with Crippen molar-refractivity contribution in [3.8, 4) is 5.69 Å². The summed E-state index contributed by atoms with van der Waals surface area (Å²) in [6.07, 6.45) is 2.22. The van der Waals surface area contributed by atoms with Crippen LogP contribution in [0.5, 0.6) is 0 Å². The van der Waals surface area contributed by atoms with Crippen LogP contribution in [0.1, 0.15) is 34.6 Å². The molecule has 1 aliphatic heterocycles. The fourth-order valence-electron chi connectivity index (χ4n) is 3.66. The summed E-state index contributed by atoms with van der Waals surface area (Å²) in [5, 5.41) is 13.2. The van der Waals surface area contributed by atoms with E-state index in [1.165, 1.54) is 11.8 Å². The molecule has 1 aromatic carbocycles. The minimum Gasteiger partial charge on any atom is -0.376 e. The van der Waals surface area contributed by atoms with Crippen molar-refractivity contribution in [3.05, 3.63) is 52.3 Å². The number of thioether (sulfide) groups is 1. The third-order valence-corrected chi connectivity index (χ3v) is 6.22. The normalized spacial score (nSPS) is 16.4. The number of halogens is 1. The second-order valence-corrected chi connectivity index (χ2v) is 8.47. The molecule has 7 nitrogen and oxygen atoms in total. The molecule has 0 radical (unpaired) electrons. The van der Waals surface area contributed by atoms with E-state index in [9.17, 15) is 4.79 Å². The van der Waals surface area contributed by atoms with E-state index in [1.54, 1.807) is 4.68 Å². The molecule has 152 valence electrons. The molecule has 0 N–H and O–H groups in total. The van der Waals surface area contributed by atoms with E-state index < -0.39 is 0 Å². The van der Waals surface area contributed by atoms with Crippen molar-refractivity contribution in [2.45, 2.75) is 44.5 Å². The lowest BCUT2D eigenvalue weighted by Crippen LogP contribution is -2.17. The van der Waals surface area contributed by atoms with Gasteiger partial charge in [0.05, 0.1) is 18.4 Å². The third-order valence-electron chi connectivity index (χ3n) is 5.03.